The molecular weight excluding hydrogens is 154 g/mol. The van der Waals surface area contributed by atoms with Crippen molar-refractivity contribution in [1.82, 2.24) is 10.6 Å². The summed E-state index contributed by atoms with van der Waals surface area (Å²) in [5, 5.41) is 5.34. The van der Waals surface area contributed by atoms with E-state index >= 15 is 0 Å². The number of urea groups is 1. The molecule has 0 aliphatic carbocycles. The smallest absolute Gasteiger partial charge is 0.314 e. The van der Waals surface area contributed by atoms with Crippen LogP contribution in [0.5, 0.6) is 0 Å². The van der Waals surface area contributed by atoms with Crippen LogP contribution in [-0.2, 0) is 0 Å². The van der Waals surface area contributed by atoms with Crippen LogP contribution in [0.25, 0.3) is 0 Å². The Morgan fingerprint density at radius 2 is 2.00 bits per heavy atom. The van der Waals surface area contributed by atoms with Gasteiger partial charge in [0, 0.05) is 18.6 Å². The molecule has 0 spiro atoms. The Morgan fingerprint density at radius 1 is 1.42 bits per heavy atom. The van der Waals surface area contributed by atoms with Crippen LogP contribution in [0.3, 0.4) is 0 Å². The quantitative estimate of drug-likeness (QED) is 0.577. The van der Waals surface area contributed by atoms with E-state index in [9.17, 15) is 4.79 Å². The molecule has 0 bridgehead atoms. The first-order valence-electron chi connectivity index (χ1n) is 4.32. The van der Waals surface area contributed by atoms with Crippen LogP contribution in [0.15, 0.2) is 0 Å². The molecule has 0 heterocycles. The molecule has 0 aliphatic heterocycles. The highest BCUT2D eigenvalue weighted by atomic mass is 16.2. The van der Waals surface area contributed by atoms with Crippen LogP contribution < -0.4 is 16.4 Å². The molecule has 0 radical (unpaired) electrons. The first kappa shape index (κ1) is 11.2. The molecule has 0 aromatic heterocycles. The zero-order valence-electron chi connectivity index (χ0n) is 8.11. The summed E-state index contributed by atoms with van der Waals surface area (Å²) in [5.41, 5.74) is 5.52. The Bertz CT molecular complexity index is 145. The predicted molar refractivity (Wildman–Crippen MR) is 50.0 cm³/mol. The normalized spacial score (nSPS) is 15.0. The molecular formula is C8H19N3O. The number of carbonyl (C=O) groups is 1. The van der Waals surface area contributed by atoms with Gasteiger partial charge in [-0.05, 0) is 20.3 Å². The number of hydrogen-bond acceptors (Lipinski definition) is 2. The minimum atomic E-state index is -0.301. The Balaban J connectivity index is 3.60. The first-order chi connectivity index (χ1) is 5.52. The molecule has 4 heteroatoms. The van der Waals surface area contributed by atoms with Crippen LogP contribution in [0.4, 0.5) is 4.79 Å². The fourth-order valence-electron chi connectivity index (χ4n) is 0.630. The maximum Gasteiger partial charge on any atom is 0.314 e. The van der Waals surface area contributed by atoms with E-state index in [4.69, 9.17) is 5.73 Å². The molecule has 12 heavy (non-hydrogen) atoms. The molecule has 0 fully saturated rings. The van der Waals surface area contributed by atoms with Gasteiger partial charge in [0.1, 0.15) is 0 Å². The van der Waals surface area contributed by atoms with Gasteiger partial charge < -0.3 is 16.4 Å². The summed E-state index contributed by atoms with van der Waals surface area (Å²) in [6, 6.07) is -0.150. The third-order valence-corrected chi connectivity index (χ3v) is 1.80. The third kappa shape index (κ3) is 4.96. The maximum atomic E-state index is 10.9. The molecule has 4 N–H and O–H groups in total. The summed E-state index contributed by atoms with van der Waals surface area (Å²) in [6.07, 6.45) is 0.847. The van der Waals surface area contributed by atoms with Crippen LogP contribution >= 0.6 is 0 Å². The average Bonchev–Trinajstić information content (AvgIpc) is 2.02. The lowest BCUT2D eigenvalue weighted by Gasteiger charge is -2.22. The molecule has 0 aromatic carbocycles. The van der Waals surface area contributed by atoms with Crippen molar-refractivity contribution in [2.45, 2.75) is 32.7 Å². The minimum Gasteiger partial charge on any atom is -0.338 e. The standard InChI is InChI=1S/C8H19N3O/c1-4-8(3,9)6-11-7(12)10-5-2/h4-6,9H2,1-3H3,(H2,10,11,12). The topological polar surface area (TPSA) is 67.2 Å². The lowest BCUT2D eigenvalue weighted by atomic mass is 10.0. The lowest BCUT2D eigenvalue weighted by Crippen LogP contribution is -2.49. The van der Waals surface area contributed by atoms with Gasteiger partial charge in [-0.3, -0.25) is 0 Å². The van der Waals surface area contributed by atoms with E-state index in [2.05, 4.69) is 10.6 Å². The predicted octanol–water partition coefficient (Wildman–Crippen LogP) is 0.433. The van der Waals surface area contributed by atoms with Crippen LogP contribution in [-0.4, -0.2) is 24.7 Å². The Hall–Kier alpha value is -0.770. The van der Waals surface area contributed by atoms with E-state index < -0.39 is 0 Å². The van der Waals surface area contributed by atoms with E-state index in [0.29, 0.717) is 13.1 Å². The zero-order valence-corrected chi connectivity index (χ0v) is 8.11. The summed E-state index contributed by atoms with van der Waals surface area (Å²) in [6.45, 7) is 6.94. The highest BCUT2D eigenvalue weighted by Crippen LogP contribution is 2.01. The monoisotopic (exact) mass is 173 g/mol. The van der Waals surface area contributed by atoms with Gasteiger partial charge in [-0.15, -0.1) is 0 Å². The van der Waals surface area contributed by atoms with Gasteiger partial charge in [0.2, 0.25) is 0 Å². The fourth-order valence-corrected chi connectivity index (χ4v) is 0.630. The number of nitrogens with two attached hydrogens (primary N) is 1. The summed E-state index contributed by atoms with van der Waals surface area (Å²) < 4.78 is 0. The second-order valence-electron chi connectivity index (χ2n) is 3.22. The summed E-state index contributed by atoms with van der Waals surface area (Å²) >= 11 is 0. The van der Waals surface area contributed by atoms with Crippen molar-refractivity contribution in [1.29, 1.82) is 0 Å². The minimum absolute atomic E-state index is 0.150. The van der Waals surface area contributed by atoms with Crippen molar-refractivity contribution >= 4 is 6.03 Å². The highest BCUT2D eigenvalue weighted by molar-refractivity contribution is 5.73. The molecule has 72 valence electrons. The van der Waals surface area contributed by atoms with Gasteiger partial charge in [-0.25, -0.2) is 4.79 Å². The summed E-state index contributed by atoms with van der Waals surface area (Å²) in [4.78, 5) is 10.9. The molecule has 0 aliphatic rings. The van der Waals surface area contributed by atoms with Gasteiger partial charge in [-0.2, -0.15) is 0 Å². The van der Waals surface area contributed by atoms with Gasteiger partial charge in [0.05, 0.1) is 0 Å². The molecule has 4 nitrogen and oxygen atoms in total. The van der Waals surface area contributed by atoms with Crippen LogP contribution in [0, 0.1) is 0 Å². The number of nitrogens with one attached hydrogen (secondary N) is 2. The van der Waals surface area contributed by atoms with Gasteiger partial charge in [-0.1, -0.05) is 6.92 Å². The fraction of sp³-hybridized carbons (Fsp3) is 0.875. The van der Waals surface area contributed by atoms with E-state index in [-0.39, 0.29) is 11.6 Å². The summed E-state index contributed by atoms with van der Waals surface area (Å²) in [7, 11) is 0. The van der Waals surface area contributed by atoms with Gasteiger partial charge in [0.25, 0.3) is 0 Å². The van der Waals surface area contributed by atoms with Crippen molar-refractivity contribution in [3.05, 3.63) is 0 Å². The van der Waals surface area contributed by atoms with Crippen LogP contribution in [0.2, 0.25) is 0 Å². The second-order valence-corrected chi connectivity index (χ2v) is 3.22. The van der Waals surface area contributed by atoms with E-state index in [1.807, 2.05) is 20.8 Å². The first-order valence-corrected chi connectivity index (χ1v) is 4.32. The SMILES string of the molecule is CCNC(=O)NCC(C)(N)CC. The van der Waals surface area contributed by atoms with Crippen molar-refractivity contribution in [3.8, 4) is 0 Å². The average molecular weight is 173 g/mol. The van der Waals surface area contributed by atoms with Crippen molar-refractivity contribution in [2.75, 3.05) is 13.1 Å². The third-order valence-electron chi connectivity index (χ3n) is 1.80. The number of carbonyl (C=O) groups excluding carboxylic acids is 1. The van der Waals surface area contributed by atoms with Crippen molar-refractivity contribution in [3.63, 3.8) is 0 Å². The van der Waals surface area contributed by atoms with Crippen molar-refractivity contribution < 1.29 is 4.79 Å². The Labute approximate surface area is 73.9 Å². The van der Waals surface area contributed by atoms with Crippen LogP contribution in [0.1, 0.15) is 27.2 Å². The largest absolute Gasteiger partial charge is 0.338 e. The molecule has 1 unspecified atom stereocenters. The number of hydrogen-bond donors (Lipinski definition) is 3. The lowest BCUT2D eigenvalue weighted by molar-refractivity contribution is 0.238. The number of rotatable bonds is 4. The second kappa shape index (κ2) is 4.98. The molecule has 2 amide bonds. The Kier molecular flexibility index (Phi) is 4.66. The summed E-state index contributed by atoms with van der Waals surface area (Å²) in [5.74, 6) is 0. The Morgan fingerprint density at radius 3 is 2.42 bits per heavy atom. The molecule has 0 aromatic rings. The molecule has 0 saturated heterocycles. The van der Waals surface area contributed by atoms with E-state index in [0.717, 1.165) is 6.42 Å². The molecule has 0 saturated carbocycles. The number of amides is 2. The highest BCUT2D eigenvalue weighted by Gasteiger charge is 2.15. The zero-order chi connectivity index (χ0) is 9.61. The van der Waals surface area contributed by atoms with E-state index in [1.54, 1.807) is 0 Å². The maximum absolute atomic E-state index is 10.9. The van der Waals surface area contributed by atoms with Gasteiger partial charge >= 0.3 is 6.03 Å². The molecule has 1 atom stereocenters. The van der Waals surface area contributed by atoms with Gasteiger partial charge in [0.15, 0.2) is 0 Å². The van der Waals surface area contributed by atoms with E-state index in [1.165, 1.54) is 0 Å². The van der Waals surface area contributed by atoms with Crippen molar-refractivity contribution in [2.24, 2.45) is 5.73 Å². The molecule has 0 rings (SSSR count).